The Labute approximate surface area is 120 Å². The number of nitrogens with zero attached hydrogens (tertiary/aromatic N) is 2. The molecule has 1 aromatic carbocycles. The quantitative estimate of drug-likeness (QED) is 0.649. The standard InChI is InChI=1S/C13H15N3O5/c1-8-10(3-2-4-11(8)16(20)21)14-13(19)15-6-9(7-15)5-12(17)18/h2-4,9H,5-7H2,1H3,(H,14,19)(H,17,18). The van der Waals surface area contributed by atoms with Crippen LogP contribution >= 0.6 is 0 Å². The van der Waals surface area contributed by atoms with E-state index in [0.717, 1.165) is 0 Å². The second kappa shape index (κ2) is 5.78. The third kappa shape index (κ3) is 3.28. The maximum absolute atomic E-state index is 12.0. The minimum atomic E-state index is -0.880. The predicted octanol–water partition coefficient (Wildman–Crippen LogP) is 1.84. The number of carbonyl (C=O) groups is 2. The van der Waals surface area contributed by atoms with Crippen molar-refractivity contribution in [2.45, 2.75) is 13.3 Å². The topological polar surface area (TPSA) is 113 Å². The summed E-state index contributed by atoms with van der Waals surface area (Å²) < 4.78 is 0. The third-order valence-corrected chi connectivity index (χ3v) is 3.45. The molecule has 1 aromatic rings. The van der Waals surface area contributed by atoms with Gasteiger partial charge in [-0.15, -0.1) is 0 Å². The molecule has 1 saturated heterocycles. The highest BCUT2D eigenvalue weighted by Crippen LogP contribution is 2.26. The van der Waals surface area contributed by atoms with Crippen LogP contribution in [0.1, 0.15) is 12.0 Å². The van der Waals surface area contributed by atoms with Crippen LogP contribution in [0.15, 0.2) is 18.2 Å². The zero-order chi connectivity index (χ0) is 15.6. The monoisotopic (exact) mass is 293 g/mol. The summed E-state index contributed by atoms with van der Waals surface area (Å²) >= 11 is 0. The summed E-state index contributed by atoms with van der Waals surface area (Å²) in [5.74, 6) is -0.908. The van der Waals surface area contributed by atoms with Crippen molar-refractivity contribution in [3.63, 3.8) is 0 Å². The smallest absolute Gasteiger partial charge is 0.321 e. The number of benzene rings is 1. The van der Waals surface area contributed by atoms with Gasteiger partial charge in [-0.05, 0) is 13.0 Å². The Balaban J connectivity index is 1.97. The number of urea groups is 1. The lowest BCUT2D eigenvalue weighted by Gasteiger charge is -2.38. The van der Waals surface area contributed by atoms with E-state index >= 15 is 0 Å². The molecular weight excluding hydrogens is 278 g/mol. The van der Waals surface area contributed by atoms with E-state index in [4.69, 9.17) is 5.11 Å². The summed E-state index contributed by atoms with van der Waals surface area (Å²) in [5, 5.41) is 22.1. The first-order valence-corrected chi connectivity index (χ1v) is 6.40. The molecule has 1 fully saturated rings. The van der Waals surface area contributed by atoms with Crippen molar-refractivity contribution in [3.05, 3.63) is 33.9 Å². The molecule has 21 heavy (non-hydrogen) atoms. The highest BCUT2D eigenvalue weighted by molar-refractivity contribution is 5.91. The summed E-state index contributed by atoms with van der Waals surface area (Å²) in [6, 6.07) is 4.09. The van der Waals surface area contributed by atoms with Crippen molar-refractivity contribution >= 4 is 23.4 Å². The Bertz CT molecular complexity index is 595. The maximum Gasteiger partial charge on any atom is 0.321 e. The second-order valence-electron chi connectivity index (χ2n) is 5.01. The van der Waals surface area contributed by atoms with Crippen LogP contribution in [0, 0.1) is 23.0 Å². The number of nitro benzene ring substituents is 1. The molecule has 0 aromatic heterocycles. The molecule has 0 atom stereocenters. The molecule has 0 radical (unpaired) electrons. The van der Waals surface area contributed by atoms with E-state index in [1.54, 1.807) is 13.0 Å². The average Bonchev–Trinajstić information content (AvgIpc) is 2.35. The molecule has 0 bridgehead atoms. The molecule has 0 unspecified atom stereocenters. The number of hydrogen-bond donors (Lipinski definition) is 2. The zero-order valence-corrected chi connectivity index (χ0v) is 11.4. The van der Waals surface area contributed by atoms with Gasteiger partial charge in [0.05, 0.1) is 22.6 Å². The number of nitrogens with one attached hydrogen (secondary N) is 1. The molecule has 1 heterocycles. The molecule has 1 aliphatic heterocycles. The fourth-order valence-corrected chi connectivity index (χ4v) is 2.26. The number of likely N-dealkylation sites (tertiary alicyclic amines) is 1. The number of aliphatic carboxylic acids is 1. The highest BCUT2D eigenvalue weighted by Gasteiger charge is 2.32. The Morgan fingerprint density at radius 3 is 2.71 bits per heavy atom. The van der Waals surface area contributed by atoms with Gasteiger partial charge in [0.2, 0.25) is 0 Å². The number of carbonyl (C=O) groups excluding carboxylic acids is 1. The van der Waals surface area contributed by atoms with E-state index in [1.807, 2.05) is 0 Å². The molecule has 0 spiro atoms. The van der Waals surface area contributed by atoms with Crippen molar-refractivity contribution in [1.29, 1.82) is 0 Å². The first-order valence-electron chi connectivity index (χ1n) is 6.40. The van der Waals surface area contributed by atoms with E-state index in [-0.39, 0.29) is 24.1 Å². The SMILES string of the molecule is Cc1c(NC(=O)N2CC(CC(=O)O)C2)cccc1[N+](=O)[O-]. The van der Waals surface area contributed by atoms with Crippen molar-refractivity contribution in [3.8, 4) is 0 Å². The average molecular weight is 293 g/mol. The number of carboxylic acids is 1. The first kappa shape index (κ1) is 14.8. The van der Waals surface area contributed by atoms with Crippen LogP contribution in [-0.2, 0) is 4.79 Å². The highest BCUT2D eigenvalue weighted by atomic mass is 16.6. The fourth-order valence-electron chi connectivity index (χ4n) is 2.26. The number of hydrogen-bond acceptors (Lipinski definition) is 4. The molecule has 112 valence electrons. The van der Waals surface area contributed by atoms with E-state index < -0.39 is 10.9 Å². The van der Waals surface area contributed by atoms with Crippen LogP contribution < -0.4 is 5.32 Å². The van der Waals surface area contributed by atoms with Gasteiger partial charge in [-0.3, -0.25) is 14.9 Å². The van der Waals surface area contributed by atoms with Crippen LogP contribution in [-0.4, -0.2) is 40.0 Å². The number of amides is 2. The van der Waals surface area contributed by atoms with Crippen molar-refractivity contribution in [1.82, 2.24) is 4.90 Å². The van der Waals surface area contributed by atoms with Gasteiger partial charge in [-0.25, -0.2) is 4.79 Å². The van der Waals surface area contributed by atoms with Crippen molar-refractivity contribution < 1.29 is 19.6 Å². The minimum Gasteiger partial charge on any atom is -0.481 e. The Kier molecular flexibility index (Phi) is 4.06. The number of nitro groups is 1. The van der Waals surface area contributed by atoms with Gasteiger partial charge in [-0.2, -0.15) is 0 Å². The Hall–Kier alpha value is -2.64. The Morgan fingerprint density at radius 2 is 2.14 bits per heavy atom. The molecule has 8 heteroatoms. The first-order chi connectivity index (χ1) is 9.88. The van der Waals surface area contributed by atoms with Crippen LogP contribution in [0.3, 0.4) is 0 Å². The lowest BCUT2D eigenvalue weighted by Crippen LogP contribution is -2.52. The Morgan fingerprint density at radius 1 is 1.48 bits per heavy atom. The summed E-state index contributed by atoms with van der Waals surface area (Å²) in [6.45, 7) is 2.33. The molecule has 2 amide bonds. The number of rotatable bonds is 4. The molecular formula is C13H15N3O5. The molecule has 0 saturated carbocycles. The van der Waals surface area contributed by atoms with E-state index in [2.05, 4.69) is 5.32 Å². The van der Waals surface area contributed by atoms with Crippen LogP contribution in [0.4, 0.5) is 16.2 Å². The van der Waals surface area contributed by atoms with Gasteiger partial charge in [0.1, 0.15) is 0 Å². The summed E-state index contributed by atoms with van der Waals surface area (Å²) in [5.41, 5.74) is 0.717. The third-order valence-electron chi connectivity index (χ3n) is 3.45. The minimum absolute atomic E-state index is 0.0283. The maximum atomic E-state index is 12.0. The molecule has 0 aliphatic carbocycles. The van der Waals surface area contributed by atoms with E-state index in [9.17, 15) is 19.7 Å². The second-order valence-corrected chi connectivity index (χ2v) is 5.01. The van der Waals surface area contributed by atoms with Crippen LogP contribution in [0.5, 0.6) is 0 Å². The lowest BCUT2D eigenvalue weighted by atomic mass is 9.97. The van der Waals surface area contributed by atoms with Gasteiger partial charge in [0, 0.05) is 25.1 Å². The largest absolute Gasteiger partial charge is 0.481 e. The lowest BCUT2D eigenvalue weighted by molar-refractivity contribution is -0.385. The molecule has 2 rings (SSSR count). The normalized spacial score (nSPS) is 14.4. The summed E-state index contributed by atoms with van der Waals surface area (Å²) in [7, 11) is 0. The molecule has 2 N–H and O–H groups in total. The molecule has 1 aliphatic rings. The summed E-state index contributed by atoms with van der Waals surface area (Å²) in [6.07, 6.45) is 0.0413. The van der Waals surface area contributed by atoms with E-state index in [0.29, 0.717) is 24.3 Å². The van der Waals surface area contributed by atoms with Gasteiger partial charge in [-0.1, -0.05) is 6.07 Å². The van der Waals surface area contributed by atoms with Gasteiger partial charge in [0.15, 0.2) is 0 Å². The fraction of sp³-hybridized carbons (Fsp3) is 0.385. The number of carboxylic acid groups (broad SMARTS) is 1. The van der Waals surface area contributed by atoms with Crippen molar-refractivity contribution in [2.24, 2.45) is 5.92 Å². The molecule has 8 nitrogen and oxygen atoms in total. The van der Waals surface area contributed by atoms with E-state index in [1.165, 1.54) is 17.0 Å². The predicted molar refractivity (Wildman–Crippen MR) is 74.2 cm³/mol. The van der Waals surface area contributed by atoms with Crippen molar-refractivity contribution in [2.75, 3.05) is 18.4 Å². The van der Waals surface area contributed by atoms with Gasteiger partial charge in [0.25, 0.3) is 5.69 Å². The zero-order valence-electron chi connectivity index (χ0n) is 11.4. The number of anilines is 1. The van der Waals surface area contributed by atoms with Gasteiger partial charge < -0.3 is 15.3 Å². The van der Waals surface area contributed by atoms with Gasteiger partial charge >= 0.3 is 12.0 Å². The van der Waals surface area contributed by atoms with Crippen LogP contribution in [0.2, 0.25) is 0 Å². The summed E-state index contributed by atoms with van der Waals surface area (Å²) in [4.78, 5) is 34.3. The van der Waals surface area contributed by atoms with Crippen LogP contribution in [0.25, 0.3) is 0 Å².